The van der Waals surface area contributed by atoms with Crippen LogP contribution >= 0.6 is 0 Å². The molecule has 1 fully saturated rings. The minimum Gasteiger partial charge on any atom is -0.406 e. The average Bonchev–Trinajstić information content (AvgIpc) is 2.69. The van der Waals surface area contributed by atoms with E-state index in [0.29, 0.717) is 6.54 Å². The van der Waals surface area contributed by atoms with E-state index in [1.807, 2.05) is 24.4 Å². The summed E-state index contributed by atoms with van der Waals surface area (Å²) >= 11 is 0. The highest BCUT2D eigenvalue weighted by Crippen LogP contribution is 2.24. The van der Waals surface area contributed by atoms with Crippen molar-refractivity contribution >= 4 is 16.6 Å². The summed E-state index contributed by atoms with van der Waals surface area (Å²) in [5.41, 5.74) is 3.07. The van der Waals surface area contributed by atoms with Crippen molar-refractivity contribution in [2.45, 2.75) is 12.9 Å². The molecule has 0 saturated carbocycles. The zero-order valence-electron chi connectivity index (χ0n) is 15.2. The van der Waals surface area contributed by atoms with Crippen molar-refractivity contribution < 1.29 is 17.9 Å². The van der Waals surface area contributed by atoms with E-state index in [9.17, 15) is 13.2 Å². The monoisotopic (exact) mass is 387 g/mol. The number of nitrogens with zero attached hydrogens (tertiary/aromatic N) is 3. The molecular weight excluding hydrogens is 367 g/mol. The van der Waals surface area contributed by atoms with E-state index >= 15 is 0 Å². The van der Waals surface area contributed by atoms with Crippen LogP contribution in [-0.4, -0.2) is 42.4 Å². The second-order valence-electron chi connectivity index (χ2n) is 6.84. The van der Waals surface area contributed by atoms with Gasteiger partial charge in [-0.3, -0.25) is 9.88 Å². The molecule has 28 heavy (non-hydrogen) atoms. The maximum Gasteiger partial charge on any atom is 0.573 e. The molecule has 146 valence electrons. The van der Waals surface area contributed by atoms with E-state index in [-0.39, 0.29) is 5.75 Å². The van der Waals surface area contributed by atoms with Crippen LogP contribution in [0.15, 0.2) is 60.8 Å². The fourth-order valence-electron chi connectivity index (χ4n) is 3.45. The largest absolute Gasteiger partial charge is 0.573 e. The lowest BCUT2D eigenvalue weighted by atomic mass is 10.1. The Morgan fingerprint density at radius 1 is 0.929 bits per heavy atom. The Morgan fingerprint density at radius 3 is 2.36 bits per heavy atom. The van der Waals surface area contributed by atoms with Gasteiger partial charge < -0.3 is 9.64 Å². The number of hydrogen-bond donors (Lipinski definition) is 0. The minimum atomic E-state index is -4.66. The van der Waals surface area contributed by atoms with Gasteiger partial charge in [-0.1, -0.05) is 30.3 Å². The summed E-state index contributed by atoms with van der Waals surface area (Å²) in [6.07, 6.45) is -2.74. The predicted octanol–water partition coefficient (Wildman–Crippen LogP) is 4.46. The van der Waals surface area contributed by atoms with Gasteiger partial charge in [0, 0.05) is 38.1 Å². The second kappa shape index (κ2) is 7.67. The molecule has 1 saturated heterocycles. The summed E-state index contributed by atoms with van der Waals surface area (Å²) < 4.78 is 40.6. The highest BCUT2D eigenvalue weighted by Gasteiger charge is 2.31. The Bertz CT molecular complexity index is 936. The van der Waals surface area contributed by atoms with E-state index < -0.39 is 6.36 Å². The highest BCUT2D eigenvalue weighted by atomic mass is 19.4. The number of pyridine rings is 1. The standard InChI is InChI=1S/C21H20F3N3O/c22-21(23,24)28-19-7-5-16(6-8-19)15-26-9-11-27(12-10-26)18-13-17-3-1-2-4-20(17)25-14-18/h1-8,13-14H,9-12,15H2. The van der Waals surface area contributed by atoms with Gasteiger partial charge in [-0.25, -0.2) is 0 Å². The smallest absolute Gasteiger partial charge is 0.406 e. The van der Waals surface area contributed by atoms with Gasteiger partial charge >= 0.3 is 6.36 Å². The number of ether oxygens (including phenoxy) is 1. The number of anilines is 1. The van der Waals surface area contributed by atoms with Crippen molar-refractivity contribution in [3.05, 3.63) is 66.4 Å². The third-order valence-corrected chi connectivity index (χ3v) is 4.88. The number of fused-ring (bicyclic) bond motifs is 1. The number of rotatable bonds is 4. The number of piperazine rings is 1. The molecule has 0 N–H and O–H groups in total. The molecule has 2 heterocycles. The molecule has 3 aromatic rings. The molecule has 0 unspecified atom stereocenters. The first-order valence-electron chi connectivity index (χ1n) is 9.13. The Kier molecular flexibility index (Phi) is 5.09. The van der Waals surface area contributed by atoms with Crippen molar-refractivity contribution in [2.75, 3.05) is 31.1 Å². The zero-order chi connectivity index (χ0) is 19.6. The molecule has 4 nitrogen and oxygen atoms in total. The number of benzene rings is 2. The molecule has 1 aliphatic heterocycles. The molecule has 2 aromatic carbocycles. The lowest BCUT2D eigenvalue weighted by molar-refractivity contribution is -0.274. The first-order valence-corrected chi connectivity index (χ1v) is 9.13. The first kappa shape index (κ1) is 18.6. The van der Waals surface area contributed by atoms with Crippen molar-refractivity contribution in [2.24, 2.45) is 0 Å². The van der Waals surface area contributed by atoms with Gasteiger partial charge in [0.05, 0.1) is 17.4 Å². The predicted molar refractivity (Wildman–Crippen MR) is 102 cm³/mol. The van der Waals surface area contributed by atoms with Gasteiger partial charge in [-0.05, 0) is 29.8 Å². The summed E-state index contributed by atoms with van der Waals surface area (Å²) in [6, 6.07) is 16.3. The summed E-state index contributed by atoms with van der Waals surface area (Å²) in [5.74, 6) is -0.190. The Balaban J connectivity index is 1.33. The second-order valence-corrected chi connectivity index (χ2v) is 6.84. The van der Waals surface area contributed by atoms with E-state index in [2.05, 4.69) is 31.7 Å². The van der Waals surface area contributed by atoms with Gasteiger partial charge in [0.25, 0.3) is 0 Å². The van der Waals surface area contributed by atoms with Crippen molar-refractivity contribution in [3.8, 4) is 5.75 Å². The molecule has 1 aliphatic rings. The van der Waals surface area contributed by atoms with Crippen molar-refractivity contribution in [1.29, 1.82) is 0 Å². The van der Waals surface area contributed by atoms with Crippen LogP contribution in [0.2, 0.25) is 0 Å². The summed E-state index contributed by atoms with van der Waals surface area (Å²) in [5, 5.41) is 1.13. The lowest BCUT2D eigenvalue weighted by Crippen LogP contribution is -2.46. The molecule has 0 atom stereocenters. The molecule has 0 spiro atoms. The molecule has 0 aliphatic carbocycles. The number of aromatic nitrogens is 1. The molecule has 7 heteroatoms. The Morgan fingerprint density at radius 2 is 1.64 bits per heavy atom. The first-order chi connectivity index (χ1) is 13.5. The fourth-order valence-corrected chi connectivity index (χ4v) is 3.45. The van der Waals surface area contributed by atoms with Crippen LogP contribution in [0.25, 0.3) is 10.9 Å². The molecule has 0 bridgehead atoms. The maximum absolute atomic E-state index is 12.2. The van der Waals surface area contributed by atoms with E-state index in [4.69, 9.17) is 0 Å². The van der Waals surface area contributed by atoms with Crippen LogP contribution in [0.4, 0.5) is 18.9 Å². The number of alkyl halides is 3. The number of halogens is 3. The fraction of sp³-hybridized carbons (Fsp3) is 0.286. The molecule has 1 aromatic heterocycles. The summed E-state index contributed by atoms with van der Waals surface area (Å²) in [6.45, 7) is 4.24. The quantitative estimate of drug-likeness (QED) is 0.661. The number of para-hydroxylation sites is 1. The molecular formula is C21H20F3N3O. The van der Waals surface area contributed by atoms with Gasteiger partial charge in [0.15, 0.2) is 0 Å². The van der Waals surface area contributed by atoms with Crippen molar-refractivity contribution in [3.63, 3.8) is 0 Å². The summed E-state index contributed by atoms with van der Waals surface area (Å²) in [4.78, 5) is 9.14. The lowest BCUT2D eigenvalue weighted by Gasteiger charge is -2.36. The molecule has 0 amide bonds. The van der Waals surface area contributed by atoms with Crippen LogP contribution in [0.5, 0.6) is 5.75 Å². The maximum atomic E-state index is 12.2. The van der Waals surface area contributed by atoms with Gasteiger partial charge in [-0.15, -0.1) is 13.2 Å². The molecule has 0 radical (unpaired) electrons. The normalized spacial score (nSPS) is 15.8. The van der Waals surface area contributed by atoms with Gasteiger partial charge in [0.1, 0.15) is 5.75 Å². The topological polar surface area (TPSA) is 28.6 Å². The van der Waals surface area contributed by atoms with Crippen molar-refractivity contribution in [1.82, 2.24) is 9.88 Å². The van der Waals surface area contributed by atoms with Crippen LogP contribution in [0.3, 0.4) is 0 Å². The Hall–Kier alpha value is -2.80. The minimum absolute atomic E-state index is 0.190. The summed E-state index contributed by atoms with van der Waals surface area (Å²) in [7, 11) is 0. The van der Waals surface area contributed by atoms with E-state index in [0.717, 1.165) is 48.3 Å². The Labute approximate surface area is 161 Å². The van der Waals surface area contributed by atoms with Crippen LogP contribution < -0.4 is 9.64 Å². The average molecular weight is 387 g/mol. The zero-order valence-corrected chi connectivity index (χ0v) is 15.2. The SMILES string of the molecule is FC(F)(F)Oc1ccc(CN2CCN(c3cnc4ccccc4c3)CC2)cc1. The number of hydrogen-bond acceptors (Lipinski definition) is 4. The van der Waals surface area contributed by atoms with E-state index in [1.165, 1.54) is 12.1 Å². The van der Waals surface area contributed by atoms with Crippen LogP contribution in [-0.2, 0) is 6.54 Å². The van der Waals surface area contributed by atoms with E-state index in [1.54, 1.807) is 12.1 Å². The third-order valence-electron chi connectivity index (χ3n) is 4.88. The third kappa shape index (κ3) is 4.54. The molecule has 4 rings (SSSR count). The van der Waals surface area contributed by atoms with Gasteiger partial charge in [-0.2, -0.15) is 0 Å². The van der Waals surface area contributed by atoms with Gasteiger partial charge in [0.2, 0.25) is 0 Å². The highest BCUT2D eigenvalue weighted by molar-refractivity contribution is 5.81. The van der Waals surface area contributed by atoms with Crippen LogP contribution in [0.1, 0.15) is 5.56 Å². The van der Waals surface area contributed by atoms with Crippen LogP contribution in [0, 0.1) is 0 Å².